The molecule has 0 spiro atoms. The minimum Gasteiger partial charge on any atom is -0.380 e. The minimum atomic E-state index is 0.396. The highest BCUT2D eigenvalue weighted by Gasteiger charge is 2.25. The van der Waals surface area contributed by atoms with Crippen LogP contribution in [0.3, 0.4) is 0 Å². The van der Waals surface area contributed by atoms with Gasteiger partial charge in [0.05, 0.1) is 11.9 Å². The van der Waals surface area contributed by atoms with E-state index in [2.05, 4.69) is 30.5 Å². The summed E-state index contributed by atoms with van der Waals surface area (Å²) in [6, 6.07) is 1.37. The van der Waals surface area contributed by atoms with E-state index in [0.29, 0.717) is 18.1 Å². The van der Waals surface area contributed by atoms with Crippen molar-refractivity contribution >= 4 is 5.69 Å². The second-order valence-electron chi connectivity index (χ2n) is 4.38. The average molecular weight is 194 g/mol. The molecule has 1 aliphatic rings. The maximum atomic E-state index is 5.72. The third-order valence-electron chi connectivity index (χ3n) is 2.68. The third-order valence-corrected chi connectivity index (χ3v) is 2.68. The fourth-order valence-electron chi connectivity index (χ4n) is 1.71. The van der Waals surface area contributed by atoms with E-state index in [-0.39, 0.29) is 0 Å². The predicted molar refractivity (Wildman–Crippen MR) is 57.2 cm³/mol. The van der Waals surface area contributed by atoms with Gasteiger partial charge in [0.25, 0.3) is 0 Å². The molecule has 0 aromatic carbocycles. The number of hydrogen-bond acceptors (Lipinski definition) is 3. The predicted octanol–water partition coefficient (Wildman–Crippen LogP) is 1.37. The van der Waals surface area contributed by atoms with E-state index in [1.54, 1.807) is 0 Å². The molecule has 0 amide bonds. The summed E-state index contributed by atoms with van der Waals surface area (Å²) in [4.78, 5) is 0. The van der Waals surface area contributed by atoms with E-state index in [1.165, 1.54) is 0 Å². The first kappa shape index (κ1) is 9.52. The standard InChI is InChI=1S/C10H18N4/c1-7(2)14-6-10(5-12-14)13-9-3-8(11)4-9/h5-9,13H,3-4,11H2,1-2H3. The lowest BCUT2D eigenvalue weighted by Crippen LogP contribution is -2.44. The fraction of sp³-hybridized carbons (Fsp3) is 0.700. The Morgan fingerprint density at radius 2 is 2.29 bits per heavy atom. The molecule has 0 radical (unpaired) electrons. The molecule has 0 unspecified atom stereocenters. The van der Waals surface area contributed by atoms with E-state index in [1.807, 2.05) is 10.9 Å². The summed E-state index contributed by atoms with van der Waals surface area (Å²) in [5, 5.41) is 7.69. The largest absolute Gasteiger partial charge is 0.380 e. The number of anilines is 1. The summed E-state index contributed by atoms with van der Waals surface area (Å²) in [6.07, 6.45) is 6.08. The normalized spacial score (nSPS) is 26.3. The van der Waals surface area contributed by atoms with Crippen molar-refractivity contribution in [1.29, 1.82) is 0 Å². The van der Waals surface area contributed by atoms with Crippen molar-refractivity contribution in [3.63, 3.8) is 0 Å². The molecule has 0 atom stereocenters. The number of rotatable bonds is 3. The van der Waals surface area contributed by atoms with Crippen molar-refractivity contribution in [2.45, 2.75) is 44.8 Å². The Labute approximate surface area is 84.5 Å². The molecule has 4 nitrogen and oxygen atoms in total. The quantitative estimate of drug-likeness (QED) is 0.764. The van der Waals surface area contributed by atoms with Gasteiger partial charge < -0.3 is 11.1 Å². The first-order valence-electron chi connectivity index (χ1n) is 5.21. The molecular weight excluding hydrogens is 176 g/mol. The highest BCUT2D eigenvalue weighted by molar-refractivity contribution is 5.40. The maximum absolute atomic E-state index is 5.72. The molecule has 14 heavy (non-hydrogen) atoms. The Balaban J connectivity index is 1.90. The maximum Gasteiger partial charge on any atom is 0.0728 e. The van der Waals surface area contributed by atoms with Crippen molar-refractivity contribution in [3.05, 3.63) is 12.4 Å². The summed E-state index contributed by atoms with van der Waals surface area (Å²) in [7, 11) is 0. The van der Waals surface area contributed by atoms with Gasteiger partial charge in [0, 0.05) is 24.3 Å². The number of nitrogens with zero attached hydrogens (tertiary/aromatic N) is 2. The molecular formula is C10H18N4. The van der Waals surface area contributed by atoms with E-state index in [0.717, 1.165) is 18.5 Å². The van der Waals surface area contributed by atoms with Crippen molar-refractivity contribution in [2.24, 2.45) is 5.73 Å². The fourth-order valence-corrected chi connectivity index (χ4v) is 1.71. The third kappa shape index (κ3) is 1.90. The van der Waals surface area contributed by atoms with Gasteiger partial charge in [0.1, 0.15) is 0 Å². The monoisotopic (exact) mass is 194 g/mol. The Morgan fingerprint density at radius 1 is 1.57 bits per heavy atom. The van der Waals surface area contributed by atoms with Gasteiger partial charge in [-0.2, -0.15) is 5.10 Å². The molecule has 1 saturated carbocycles. The van der Waals surface area contributed by atoms with Crippen LogP contribution in [-0.4, -0.2) is 21.9 Å². The summed E-state index contributed by atoms with van der Waals surface area (Å²) >= 11 is 0. The Bertz CT molecular complexity index is 299. The number of aromatic nitrogens is 2. The van der Waals surface area contributed by atoms with Crippen LogP contribution >= 0.6 is 0 Å². The van der Waals surface area contributed by atoms with Gasteiger partial charge in [0.2, 0.25) is 0 Å². The molecule has 0 bridgehead atoms. The number of nitrogens with two attached hydrogens (primary N) is 1. The van der Waals surface area contributed by atoms with Gasteiger partial charge in [-0.15, -0.1) is 0 Å². The lowest BCUT2D eigenvalue weighted by Gasteiger charge is -2.33. The van der Waals surface area contributed by atoms with Gasteiger partial charge in [-0.1, -0.05) is 0 Å². The summed E-state index contributed by atoms with van der Waals surface area (Å²) in [5.74, 6) is 0. The molecule has 1 fully saturated rings. The molecule has 2 rings (SSSR count). The topological polar surface area (TPSA) is 55.9 Å². The van der Waals surface area contributed by atoms with Gasteiger partial charge >= 0.3 is 0 Å². The molecule has 3 N–H and O–H groups in total. The highest BCUT2D eigenvalue weighted by atomic mass is 15.3. The lowest BCUT2D eigenvalue weighted by molar-refractivity contribution is 0.373. The molecule has 4 heteroatoms. The minimum absolute atomic E-state index is 0.396. The van der Waals surface area contributed by atoms with Gasteiger partial charge in [-0.3, -0.25) is 4.68 Å². The molecule has 1 aromatic heterocycles. The van der Waals surface area contributed by atoms with Crippen LogP contribution in [0, 0.1) is 0 Å². The molecule has 0 aliphatic heterocycles. The van der Waals surface area contributed by atoms with Gasteiger partial charge in [-0.25, -0.2) is 0 Å². The average Bonchev–Trinajstić information content (AvgIpc) is 2.50. The van der Waals surface area contributed by atoms with Crippen molar-refractivity contribution in [2.75, 3.05) is 5.32 Å². The summed E-state index contributed by atoms with van der Waals surface area (Å²) < 4.78 is 1.96. The SMILES string of the molecule is CC(C)n1cc(NC2CC(N)C2)cn1. The number of nitrogens with one attached hydrogen (secondary N) is 1. The number of hydrogen-bond donors (Lipinski definition) is 2. The Morgan fingerprint density at radius 3 is 2.79 bits per heavy atom. The van der Waals surface area contributed by atoms with Crippen LogP contribution in [0.5, 0.6) is 0 Å². The molecule has 1 aromatic rings. The van der Waals surface area contributed by atoms with Crippen LogP contribution in [0.15, 0.2) is 12.4 Å². The molecule has 78 valence electrons. The van der Waals surface area contributed by atoms with E-state index in [9.17, 15) is 0 Å². The van der Waals surface area contributed by atoms with Gasteiger partial charge in [0.15, 0.2) is 0 Å². The zero-order valence-corrected chi connectivity index (χ0v) is 8.77. The van der Waals surface area contributed by atoms with E-state index in [4.69, 9.17) is 5.73 Å². The van der Waals surface area contributed by atoms with E-state index >= 15 is 0 Å². The lowest BCUT2D eigenvalue weighted by atomic mass is 9.87. The van der Waals surface area contributed by atoms with Crippen molar-refractivity contribution < 1.29 is 0 Å². The summed E-state index contributed by atoms with van der Waals surface area (Å²) in [5.41, 5.74) is 6.82. The summed E-state index contributed by atoms with van der Waals surface area (Å²) in [6.45, 7) is 4.24. The smallest absolute Gasteiger partial charge is 0.0728 e. The zero-order chi connectivity index (χ0) is 10.1. The van der Waals surface area contributed by atoms with E-state index < -0.39 is 0 Å². The molecule has 1 heterocycles. The van der Waals surface area contributed by atoms with Crippen LogP contribution < -0.4 is 11.1 Å². The van der Waals surface area contributed by atoms with Crippen molar-refractivity contribution in [1.82, 2.24) is 9.78 Å². The first-order valence-corrected chi connectivity index (χ1v) is 5.21. The van der Waals surface area contributed by atoms with Gasteiger partial charge in [-0.05, 0) is 26.7 Å². The van der Waals surface area contributed by atoms with Crippen LogP contribution in [0.25, 0.3) is 0 Å². The first-order chi connectivity index (χ1) is 6.65. The van der Waals surface area contributed by atoms with Crippen LogP contribution in [-0.2, 0) is 0 Å². The van der Waals surface area contributed by atoms with Crippen LogP contribution in [0.4, 0.5) is 5.69 Å². The highest BCUT2D eigenvalue weighted by Crippen LogP contribution is 2.22. The molecule has 0 saturated heterocycles. The van der Waals surface area contributed by atoms with Crippen molar-refractivity contribution in [3.8, 4) is 0 Å². The van der Waals surface area contributed by atoms with Crippen LogP contribution in [0.1, 0.15) is 32.7 Å². The Kier molecular flexibility index (Phi) is 2.46. The van der Waals surface area contributed by atoms with Crippen LogP contribution in [0.2, 0.25) is 0 Å². The second kappa shape index (κ2) is 3.61. The second-order valence-corrected chi connectivity index (χ2v) is 4.38. The molecule has 1 aliphatic carbocycles. The Hall–Kier alpha value is -1.03. The zero-order valence-electron chi connectivity index (χ0n) is 8.77.